The first-order chi connectivity index (χ1) is 9.17. The van der Waals surface area contributed by atoms with E-state index >= 15 is 0 Å². The van der Waals surface area contributed by atoms with Gasteiger partial charge in [0.2, 0.25) is 0 Å². The van der Waals surface area contributed by atoms with Gasteiger partial charge in [0, 0.05) is 33.8 Å². The van der Waals surface area contributed by atoms with Crippen LogP contribution in [-0.2, 0) is 12.8 Å². The van der Waals surface area contributed by atoms with E-state index in [1.165, 1.54) is 5.56 Å². The van der Waals surface area contributed by atoms with Crippen LogP contribution >= 0.6 is 27.5 Å². The van der Waals surface area contributed by atoms with E-state index < -0.39 is 0 Å². The lowest BCUT2D eigenvalue weighted by atomic mass is 10.0. The summed E-state index contributed by atoms with van der Waals surface area (Å²) in [5.74, 6) is 5.62. The molecule has 19 heavy (non-hydrogen) atoms. The molecule has 1 atom stereocenters. The second kappa shape index (κ2) is 7.01. The van der Waals surface area contributed by atoms with Gasteiger partial charge in [0.1, 0.15) is 0 Å². The molecule has 0 saturated heterocycles. The second-order valence-corrected chi connectivity index (χ2v) is 5.72. The van der Waals surface area contributed by atoms with Crippen LogP contribution in [0.4, 0.5) is 0 Å². The Morgan fingerprint density at radius 1 is 1.16 bits per heavy atom. The molecular weight excluding hydrogens is 326 g/mol. The minimum absolute atomic E-state index is 0.148. The molecule has 0 fully saturated rings. The summed E-state index contributed by atoms with van der Waals surface area (Å²) < 4.78 is 0.978. The number of aromatic nitrogens is 1. The highest BCUT2D eigenvalue weighted by atomic mass is 79.9. The molecule has 0 aliphatic heterocycles. The lowest BCUT2D eigenvalue weighted by Gasteiger charge is -2.15. The number of pyridine rings is 1. The van der Waals surface area contributed by atoms with Gasteiger partial charge in [-0.25, -0.2) is 0 Å². The highest BCUT2D eigenvalue weighted by Gasteiger charge is 2.09. The monoisotopic (exact) mass is 339 g/mol. The van der Waals surface area contributed by atoms with E-state index in [2.05, 4.69) is 26.3 Å². The minimum Gasteiger partial charge on any atom is -0.271 e. The van der Waals surface area contributed by atoms with Crippen molar-refractivity contribution in [3.05, 3.63) is 63.3 Å². The average molecular weight is 341 g/mol. The zero-order valence-electron chi connectivity index (χ0n) is 10.3. The first-order valence-corrected chi connectivity index (χ1v) is 7.15. The normalized spacial score (nSPS) is 12.4. The van der Waals surface area contributed by atoms with Crippen molar-refractivity contribution in [2.45, 2.75) is 18.9 Å². The largest absolute Gasteiger partial charge is 0.271 e. The molecule has 2 rings (SSSR count). The molecule has 1 aromatic carbocycles. The standard InChI is InChI=1S/C14H15BrClN3/c15-11-3-6-13(18-9-11)8-14(19-17)7-10-1-4-12(16)5-2-10/h1-6,9,14,19H,7-8,17H2. The van der Waals surface area contributed by atoms with Crippen molar-refractivity contribution < 1.29 is 0 Å². The van der Waals surface area contributed by atoms with Gasteiger partial charge in [-0.15, -0.1) is 0 Å². The van der Waals surface area contributed by atoms with Crippen LogP contribution in [0.5, 0.6) is 0 Å². The summed E-state index contributed by atoms with van der Waals surface area (Å²) in [6.07, 6.45) is 3.42. The summed E-state index contributed by atoms with van der Waals surface area (Å²) in [6.45, 7) is 0. The number of hydrogen-bond acceptors (Lipinski definition) is 3. The van der Waals surface area contributed by atoms with E-state index in [9.17, 15) is 0 Å². The van der Waals surface area contributed by atoms with Gasteiger partial charge in [0.05, 0.1) is 0 Å². The van der Waals surface area contributed by atoms with Crippen LogP contribution in [0.25, 0.3) is 0 Å². The van der Waals surface area contributed by atoms with Crippen molar-refractivity contribution in [3.63, 3.8) is 0 Å². The fourth-order valence-corrected chi connectivity index (χ4v) is 2.24. The topological polar surface area (TPSA) is 50.9 Å². The van der Waals surface area contributed by atoms with E-state index in [0.717, 1.165) is 28.0 Å². The zero-order valence-corrected chi connectivity index (χ0v) is 12.7. The molecule has 0 radical (unpaired) electrons. The van der Waals surface area contributed by atoms with Crippen molar-refractivity contribution in [1.29, 1.82) is 0 Å². The summed E-state index contributed by atoms with van der Waals surface area (Å²) in [7, 11) is 0. The predicted molar refractivity (Wildman–Crippen MR) is 81.9 cm³/mol. The van der Waals surface area contributed by atoms with Crippen molar-refractivity contribution in [2.75, 3.05) is 0 Å². The fraction of sp³-hybridized carbons (Fsp3) is 0.214. The van der Waals surface area contributed by atoms with Crippen molar-refractivity contribution in [1.82, 2.24) is 10.4 Å². The predicted octanol–water partition coefficient (Wildman–Crippen LogP) is 3.11. The lowest BCUT2D eigenvalue weighted by Crippen LogP contribution is -2.38. The molecule has 1 heterocycles. The quantitative estimate of drug-likeness (QED) is 0.649. The number of halogens is 2. The van der Waals surface area contributed by atoms with E-state index in [1.54, 1.807) is 6.20 Å². The summed E-state index contributed by atoms with van der Waals surface area (Å²) in [5.41, 5.74) is 5.06. The third-order valence-electron chi connectivity index (χ3n) is 2.88. The van der Waals surface area contributed by atoms with Gasteiger partial charge < -0.3 is 0 Å². The minimum atomic E-state index is 0.148. The van der Waals surface area contributed by atoms with Crippen molar-refractivity contribution in [2.24, 2.45) is 5.84 Å². The Kier molecular flexibility index (Phi) is 5.34. The molecule has 0 aliphatic rings. The Balaban J connectivity index is 2.00. The van der Waals surface area contributed by atoms with Gasteiger partial charge in [0.15, 0.2) is 0 Å². The van der Waals surface area contributed by atoms with E-state index in [4.69, 9.17) is 17.4 Å². The molecule has 0 bridgehead atoms. The number of nitrogens with zero attached hydrogens (tertiary/aromatic N) is 1. The highest BCUT2D eigenvalue weighted by Crippen LogP contribution is 2.13. The van der Waals surface area contributed by atoms with Crippen LogP contribution in [0.2, 0.25) is 5.02 Å². The number of nitrogens with one attached hydrogen (secondary N) is 1. The molecule has 100 valence electrons. The molecule has 0 aliphatic carbocycles. The van der Waals surface area contributed by atoms with Gasteiger partial charge in [-0.05, 0) is 52.2 Å². The van der Waals surface area contributed by atoms with Crippen LogP contribution in [-0.4, -0.2) is 11.0 Å². The number of rotatable bonds is 5. The molecule has 1 unspecified atom stereocenters. The Morgan fingerprint density at radius 2 is 1.89 bits per heavy atom. The maximum atomic E-state index is 5.87. The molecule has 0 spiro atoms. The zero-order chi connectivity index (χ0) is 13.7. The van der Waals surface area contributed by atoms with Crippen molar-refractivity contribution >= 4 is 27.5 Å². The van der Waals surface area contributed by atoms with Gasteiger partial charge in [-0.2, -0.15) is 0 Å². The SMILES string of the molecule is NNC(Cc1ccc(Cl)cc1)Cc1ccc(Br)cn1. The first-order valence-electron chi connectivity index (χ1n) is 5.98. The molecular formula is C14H15BrClN3. The molecule has 3 nitrogen and oxygen atoms in total. The van der Waals surface area contributed by atoms with Crippen LogP contribution in [0, 0.1) is 0 Å². The van der Waals surface area contributed by atoms with Crippen LogP contribution in [0.3, 0.4) is 0 Å². The van der Waals surface area contributed by atoms with Crippen LogP contribution in [0.15, 0.2) is 47.1 Å². The number of hydrazine groups is 1. The number of hydrogen-bond donors (Lipinski definition) is 2. The summed E-state index contributed by atoms with van der Waals surface area (Å²) in [6, 6.07) is 11.9. The van der Waals surface area contributed by atoms with Crippen LogP contribution < -0.4 is 11.3 Å². The van der Waals surface area contributed by atoms with Gasteiger partial charge in [-0.3, -0.25) is 16.3 Å². The van der Waals surface area contributed by atoms with Gasteiger partial charge in [0.25, 0.3) is 0 Å². The molecule has 0 amide bonds. The van der Waals surface area contributed by atoms with E-state index in [0.29, 0.717) is 0 Å². The van der Waals surface area contributed by atoms with E-state index in [1.807, 2.05) is 36.4 Å². The maximum absolute atomic E-state index is 5.87. The number of nitrogens with two attached hydrogens (primary N) is 1. The highest BCUT2D eigenvalue weighted by molar-refractivity contribution is 9.10. The summed E-state index contributed by atoms with van der Waals surface area (Å²) in [5, 5.41) is 0.746. The Bertz CT molecular complexity index is 466. The lowest BCUT2D eigenvalue weighted by molar-refractivity contribution is 0.517. The van der Waals surface area contributed by atoms with Gasteiger partial charge in [-0.1, -0.05) is 23.7 Å². The first kappa shape index (κ1) is 14.5. The molecule has 1 aromatic heterocycles. The third-order valence-corrected chi connectivity index (χ3v) is 3.60. The third kappa shape index (κ3) is 4.58. The fourth-order valence-electron chi connectivity index (χ4n) is 1.87. The van der Waals surface area contributed by atoms with E-state index in [-0.39, 0.29) is 6.04 Å². The Morgan fingerprint density at radius 3 is 2.47 bits per heavy atom. The summed E-state index contributed by atoms with van der Waals surface area (Å²) in [4.78, 5) is 4.36. The molecule has 3 N–H and O–H groups in total. The summed E-state index contributed by atoms with van der Waals surface area (Å²) >= 11 is 9.25. The molecule has 0 saturated carbocycles. The van der Waals surface area contributed by atoms with Crippen molar-refractivity contribution in [3.8, 4) is 0 Å². The maximum Gasteiger partial charge on any atom is 0.0420 e. The molecule has 5 heteroatoms. The van der Waals surface area contributed by atoms with Crippen LogP contribution in [0.1, 0.15) is 11.3 Å². The Hall–Kier alpha value is -0.940. The van der Waals surface area contributed by atoms with Gasteiger partial charge >= 0.3 is 0 Å². The smallest absolute Gasteiger partial charge is 0.0420 e. The molecule has 2 aromatic rings. The second-order valence-electron chi connectivity index (χ2n) is 4.37. The average Bonchev–Trinajstić information content (AvgIpc) is 2.43. The number of benzene rings is 1. The Labute approximate surface area is 126 Å².